The first-order valence-electron chi connectivity index (χ1n) is 12.4. The lowest BCUT2D eigenvalue weighted by Gasteiger charge is -2.32. The first-order valence-corrected chi connectivity index (χ1v) is 14.3. The summed E-state index contributed by atoms with van der Waals surface area (Å²) in [6, 6.07) is 25.7. The van der Waals surface area contributed by atoms with Crippen LogP contribution in [0, 0.1) is 6.92 Å². The molecule has 0 aliphatic rings. The monoisotopic (exact) mass is 566 g/mol. The number of carbonyl (C=O) groups is 2. The standard InChI is InChI=1S/C30H35BrN2O2S/c1-4-23(3)32-30(35)28(18-24-8-6-5-7-9-24)33(19-25-12-10-22(2)11-13-25)29(34)21-36-20-26-14-16-27(31)17-15-26/h5-17,23,28H,4,18-21H2,1-3H3,(H,32,35)/t23-,28+/m0/s1. The van der Waals surface area contributed by atoms with Crippen molar-refractivity contribution in [2.45, 2.75) is 58.0 Å². The Morgan fingerprint density at radius 2 is 1.56 bits per heavy atom. The molecule has 0 aliphatic heterocycles. The van der Waals surface area contributed by atoms with E-state index in [1.807, 2.05) is 87.5 Å². The molecule has 0 heterocycles. The highest BCUT2D eigenvalue weighted by molar-refractivity contribution is 9.10. The Hall–Kier alpha value is -2.57. The largest absolute Gasteiger partial charge is 0.352 e. The molecular weight excluding hydrogens is 532 g/mol. The number of hydrogen-bond donors (Lipinski definition) is 1. The van der Waals surface area contributed by atoms with Gasteiger partial charge in [-0.25, -0.2) is 0 Å². The SMILES string of the molecule is CC[C@H](C)NC(=O)[C@@H](Cc1ccccc1)N(Cc1ccc(C)cc1)C(=O)CSCc1ccc(Br)cc1. The smallest absolute Gasteiger partial charge is 0.243 e. The zero-order valence-electron chi connectivity index (χ0n) is 21.2. The lowest BCUT2D eigenvalue weighted by atomic mass is 10.0. The molecule has 0 bridgehead atoms. The highest BCUT2D eigenvalue weighted by Crippen LogP contribution is 2.20. The topological polar surface area (TPSA) is 49.4 Å². The second-order valence-corrected chi connectivity index (χ2v) is 11.1. The van der Waals surface area contributed by atoms with Crippen molar-refractivity contribution in [3.63, 3.8) is 0 Å². The number of halogens is 1. The minimum absolute atomic E-state index is 0.0297. The fourth-order valence-corrected chi connectivity index (χ4v) is 4.94. The molecule has 4 nitrogen and oxygen atoms in total. The molecule has 3 aromatic rings. The second kappa shape index (κ2) is 14.2. The van der Waals surface area contributed by atoms with Crippen LogP contribution < -0.4 is 5.32 Å². The van der Waals surface area contributed by atoms with Gasteiger partial charge in [-0.15, -0.1) is 11.8 Å². The fourth-order valence-electron chi connectivity index (χ4n) is 3.80. The first-order chi connectivity index (χ1) is 17.4. The number of amides is 2. The number of nitrogens with zero attached hydrogens (tertiary/aromatic N) is 1. The van der Waals surface area contributed by atoms with Gasteiger partial charge in [0.1, 0.15) is 6.04 Å². The second-order valence-electron chi connectivity index (χ2n) is 9.15. The number of hydrogen-bond acceptors (Lipinski definition) is 3. The van der Waals surface area contributed by atoms with Crippen LogP contribution in [0.2, 0.25) is 0 Å². The van der Waals surface area contributed by atoms with E-state index < -0.39 is 6.04 Å². The van der Waals surface area contributed by atoms with E-state index in [0.29, 0.717) is 18.7 Å². The van der Waals surface area contributed by atoms with Crippen molar-refractivity contribution in [1.29, 1.82) is 0 Å². The number of thioether (sulfide) groups is 1. The predicted octanol–water partition coefficient (Wildman–Crippen LogP) is 6.55. The zero-order valence-corrected chi connectivity index (χ0v) is 23.6. The van der Waals surface area contributed by atoms with Crippen LogP contribution in [-0.4, -0.2) is 34.6 Å². The summed E-state index contributed by atoms with van der Waals surface area (Å²) < 4.78 is 1.03. The summed E-state index contributed by atoms with van der Waals surface area (Å²) in [6.45, 7) is 6.48. The molecule has 0 spiro atoms. The molecule has 3 aromatic carbocycles. The third-order valence-electron chi connectivity index (χ3n) is 6.15. The Labute approximate surface area is 228 Å². The van der Waals surface area contributed by atoms with E-state index in [-0.39, 0.29) is 17.9 Å². The lowest BCUT2D eigenvalue weighted by molar-refractivity contribution is -0.139. The number of carbonyl (C=O) groups excluding carboxylic acids is 2. The maximum atomic E-state index is 13.7. The van der Waals surface area contributed by atoms with Crippen LogP contribution in [0.4, 0.5) is 0 Å². The summed E-state index contributed by atoms with van der Waals surface area (Å²) in [7, 11) is 0. The number of benzene rings is 3. The Bertz CT molecular complexity index is 1100. The average molecular weight is 568 g/mol. The molecule has 6 heteroatoms. The summed E-state index contributed by atoms with van der Waals surface area (Å²) in [5, 5.41) is 3.12. The molecule has 1 N–H and O–H groups in total. The van der Waals surface area contributed by atoms with Gasteiger partial charge in [0.05, 0.1) is 5.75 Å². The molecule has 0 aromatic heterocycles. The predicted molar refractivity (Wildman–Crippen MR) is 154 cm³/mol. The average Bonchev–Trinajstić information content (AvgIpc) is 2.88. The van der Waals surface area contributed by atoms with Gasteiger partial charge in [0.2, 0.25) is 11.8 Å². The van der Waals surface area contributed by atoms with Crippen LogP contribution >= 0.6 is 27.7 Å². The van der Waals surface area contributed by atoms with Gasteiger partial charge in [-0.05, 0) is 49.1 Å². The van der Waals surface area contributed by atoms with Gasteiger partial charge in [0.25, 0.3) is 0 Å². The highest BCUT2D eigenvalue weighted by atomic mass is 79.9. The molecule has 0 fully saturated rings. The maximum Gasteiger partial charge on any atom is 0.243 e. The van der Waals surface area contributed by atoms with Crippen LogP contribution in [0.25, 0.3) is 0 Å². The summed E-state index contributed by atoms with van der Waals surface area (Å²) >= 11 is 5.04. The Balaban J connectivity index is 1.84. The molecule has 3 rings (SSSR count). The van der Waals surface area contributed by atoms with E-state index in [9.17, 15) is 9.59 Å². The van der Waals surface area contributed by atoms with Gasteiger partial charge < -0.3 is 10.2 Å². The number of aryl methyl sites for hydroxylation is 1. The van der Waals surface area contributed by atoms with Gasteiger partial charge in [-0.2, -0.15) is 0 Å². The van der Waals surface area contributed by atoms with Crippen LogP contribution in [-0.2, 0) is 28.3 Å². The van der Waals surface area contributed by atoms with Gasteiger partial charge in [0.15, 0.2) is 0 Å². The van der Waals surface area contributed by atoms with Crippen molar-refractivity contribution in [3.05, 3.63) is 106 Å². The molecule has 0 aliphatic carbocycles. The minimum Gasteiger partial charge on any atom is -0.352 e. The quantitative estimate of drug-likeness (QED) is 0.270. The van der Waals surface area contributed by atoms with Gasteiger partial charge >= 0.3 is 0 Å². The van der Waals surface area contributed by atoms with Crippen LogP contribution in [0.1, 0.15) is 42.5 Å². The van der Waals surface area contributed by atoms with Crippen LogP contribution in [0.5, 0.6) is 0 Å². The molecule has 0 saturated heterocycles. The van der Waals surface area contributed by atoms with Gasteiger partial charge in [0, 0.05) is 29.2 Å². The van der Waals surface area contributed by atoms with Crippen molar-refractivity contribution >= 4 is 39.5 Å². The molecule has 2 amide bonds. The highest BCUT2D eigenvalue weighted by Gasteiger charge is 2.30. The lowest BCUT2D eigenvalue weighted by Crippen LogP contribution is -2.52. The van der Waals surface area contributed by atoms with E-state index in [1.54, 1.807) is 16.7 Å². The van der Waals surface area contributed by atoms with Crippen molar-refractivity contribution in [1.82, 2.24) is 10.2 Å². The van der Waals surface area contributed by atoms with Crippen LogP contribution in [0.3, 0.4) is 0 Å². The Kier molecular flexibility index (Phi) is 11.1. The summed E-state index contributed by atoms with van der Waals surface area (Å²) in [4.78, 5) is 29.0. The van der Waals surface area contributed by atoms with Gasteiger partial charge in [-0.1, -0.05) is 95.1 Å². The van der Waals surface area contributed by atoms with E-state index >= 15 is 0 Å². The van der Waals surface area contributed by atoms with Crippen LogP contribution in [0.15, 0.2) is 83.3 Å². The summed E-state index contributed by atoms with van der Waals surface area (Å²) in [5.41, 5.74) is 4.38. The zero-order chi connectivity index (χ0) is 25.9. The molecule has 36 heavy (non-hydrogen) atoms. The minimum atomic E-state index is -0.594. The third-order valence-corrected chi connectivity index (χ3v) is 7.67. The summed E-state index contributed by atoms with van der Waals surface area (Å²) in [6.07, 6.45) is 1.30. The van der Waals surface area contributed by atoms with Crippen molar-refractivity contribution < 1.29 is 9.59 Å². The normalized spacial score (nSPS) is 12.6. The first kappa shape index (κ1) is 28.0. The summed E-state index contributed by atoms with van der Waals surface area (Å²) in [5.74, 6) is 0.911. The van der Waals surface area contributed by atoms with Crippen molar-refractivity contribution in [2.75, 3.05) is 5.75 Å². The number of rotatable bonds is 12. The van der Waals surface area contributed by atoms with E-state index in [1.165, 1.54) is 0 Å². The Morgan fingerprint density at radius 1 is 0.917 bits per heavy atom. The molecule has 190 valence electrons. The Morgan fingerprint density at radius 3 is 2.19 bits per heavy atom. The van der Waals surface area contributed by atoms with Gasteiger partial charge in [-0.3, -0.25) is 9.59 Å². The molecular formula is C30H35BrN2O2S. The molecule has 0 radical (unpaired) electrons. The van der Waals surface area contributed by atoms with Crippen molar-refractivity contribution in [3.8, 4) is 0 Å². The van der Waals surface area contributed by atoms with E-state index in [4.69, 9.17) is 0 Å². The third kappa shape index (κ3) is 8.82. The molecule has 2 atom stereocenters. The van der Waals surface area contributed by atoms with E-state index in [0.717, 1.165) is 38.9 Å². The maximum absolute atomic E-state index is 13.7. The van der Waals surface area contributed by atoms with Crippen molar-refractivity contribution in [2.24, 2.45) is 0 Å². The molecule has 0 saturated carbocycles. The fraction of sp³-hybridized carbons (Fsp3) is 0.333. The van der Waals surface area contributed by atoms with E-state index in [2.05, 4.69) is 33.4 Å². The number of nitrogens with one attached hydrogen (secondary N) is 1. The molecule has 0 unspecified atom stereocenters.